The SMILES string of the molecule is O=C(COc1ccc2c(c1)C(=O)N(C1CCC(=O)NC1=O)C2=O)NCCCCNC(=O)C(F)(F)F. The van der Waals surface area contributed by atoms with Gasteiger partial charge >= 0.3 is 12.1 Å². The van der Waals surface area contributed by atoms with Crippen molar-refractivity contribution in [3.05, 3.63) is 29.3 Å². The van der Waals surface area contributed by atoms with Crippen molar-refractivity contribution in [3.8, 4) is 5.75 Å². The number of halogens is 3. The number of hydrogen-bond acceptors (Lipinski definition) is 7. The highest BCUT2D eigenvalue weighted by atomic mass is 19.4. The Kier molecular flexibility index (Phi) is 7.71. The van der Waals surface area contributed by atoms with Gasteiger partial charge in [-0.1, -0.05) is 0 Å². The Balaban J connectivity index is 1.45. The van der Waals surface area contributed by atoms with Gasteiger partial charge in [0.25, 0.3) is 17.7 Å². The number of imide groups is 2. The van der Waals surface area contributed by atoms with Crippen LogP contribution in [0.15, 0.2) is 18.2 Å². The topological polar surface area (TPSA) is 151 Å². The molecule has 0 aromatic heterocycles. The van der Waals surface area contributed by atoms with Crippen molar-refractivity contribution < 1.29 is 46.7 Å². The van der Waals surface area contributed by atoms with Crippen LogP contribution in [-0.2, 0) is 19.2 Å². The number of carbonyl (C=O) groups excluding carboxylic acids is 6. The van der Waals surface area contributed by atoms with E-state index >= 15 is 0 Å². The van der Waals surface area contributed by atoms with E-state index in [-0.39, 0.29) is 49.2 Å². The smallest absolute Gasteiger partial charge is 0.471 e. The molecule has 2 aliphatic heterocycles. The molecular formula is C21H21F3N4O7. The molecule has 2 aliphatic rings. The Morgan fingerprint density at radius 1 is 1.03 bits per heavy atom. The third-order valence-electron chi connectivity index (χ3n) is 5.25. The molecule has 0 spiro atoms. The highest BCUT2D eigenvalue weighted by Crippen LogP contribution is 2.30. The summed E-state index contributed by atoms with van der Waals surface area (Å²) in [4.78, 5) is 72.2. The molecule has 1 fully saturated rings. The summed E-state index contributed by atoms with van der Waals surface area (Å²) in [6.07, 6.45) is -4.39. The number of nitrogens with one attached hydrogen (secondary N) is 3. The zero-order chi connectivity index (χ0) is 25.8. The molecule has 1 saturated heterocycles. The Hall–Kier alpha value is -3.97. The second-order valence-electron chi connectivity index (χ2n) is 7.75. The summed E-state index contributed by atoms with van der Waals surface area (Å²) >= 11 is 0. The van der Waals surface area contributed by atoms with E-state index in [4.69, 9.17) is 4.74 Å². The van der Waals surface area contributed by atoms with Crippen LogP contribution in [0.3, 0.4) is 0 Å². The molecule has 14 heteroatoms. The predicted octanol–water partition coefficient (Wildman–Crippen LogP) is 0.0415. The fourth-order valence-corrected chi connectivity index (χ4v) is 3.52. The van der Waals surface area contributed by atoms with Crippen molar-refractivity contribution in [1.29, 1.82) is 0 Å². The highest BCUT2D eigenvalue weighted by molar-refractivity contribution is 6.23. The molecule has 1 unspecified atom stereocenters. The Morgan fingerprint density at radius 3 is 2.34 bits per heavy atom. The van der Waals surface area contributed by atoms with Gasteiger partial charge < -0.3 is 15.4 Å². The van der Waals surface area contributed by atoms with E-state index < -0.39 is 54.3 Å². The van der Waals surface area contributed by atoms with E-state index in [1.807, 2.05) is 0 Å². The van der Waals surface area contributed by atoms with Gasteiger partial charge in [0.05, 0.1) is 11.1 Å². The minimum absolute atomic E-state index is 0.00138. The summed E-state index contributed by atoms with van der Waals surface area (Å²) in [6, 6.07) is 2.90. The van der Waals surface area contributed by atoms with Crippen LogP contribution >= 0.6 is 0 Å². The Morgan fingerprint density at radius 2 is 1.69 bits per heavy atom. The second kappa shape index (κ2) is 10.5. The van der Waals surface area contributed by atoms with Gasteiger partial charge in [-0.3, -0.25) is 39.0 Å². The molecule has 11 nitrogen and oxygen atoms in total. The van der Waals surface area contributed by atoms with Gasteiger partial charge in [-0.15, -0.1) is 0 Å². The molecule has 1 aromatic rings. The number of fused-ring (bicyclic) bond motifs is 1. The first-order valence-corrected chi connectivity index (χ1v) is 10.6. The standard InChI is InChI=1S/C21H21F3N4O7/c22-21(23,24)20(34)26-8-2-1-7-25-16(30)10-35-11-3-4-12-13(9-11)19(33)28(18(12)32)14-5-6-15(29)27-17(14)31/h3-4,9,14H,1-2,5-8,10H2,(H,25,30)(H,26,34)(H,27,29,31). The third-order valence-corrected chi connectivity index (χ3v) is 5.25. The monoisotopic (exact) mass is 498 g/mol. The molecule has 1 atom stereocenters. The molecule has 0 bridgehead atoms. The van der Waals surface area contributed by atoms with Crippen molar-refractivity contribution >= 4 is 35.4 Å². The fourth-order valence-electron chi connectivity index (χ4n) is 3.52. The van der Waals surface area contributed by atoms with Gasteiger partial charge in [0.1, 0.15) is 11.8 Å². The van der Waals surface area contributed by atoms with Gasteiger partial charge in [0, 0.05) is 19.5 Å². The number of amides is 6. The van der Waals surface area contributed by atoms with Gasteiger partial charge in [-0.05, 0) is 37.5 Å². The molecule has 35 heavy (non-hydrogen) atoms. The number of nitrogens with zero attached hydrogens (tertiary/aromatic N) is 1. The summed E-state index contributed by atoms with van der Waals surface area (Å²) in [5.41, 5.74) is 0.0626. The lowest BCUT2D eigenvalue weighted by atomic mass is 10.0. The van der Waals surface area contributed by atoms with Gasteiger partial charge in [0.15, 0.2) is 6.61 Å². The summed E-state index contributed by atoms with van der Waals surface area (Å²) in [6.45, 7) is -0.479. The molecular weight excluding hydrogens is 477 g/mol. The van der Waals surface area contributed by atoms with Crippen LogP contribution in [0.1, 0.15) is 46.4 Å². The zero-order valence-corrected chi connectivity index (χ0v) is 18.2. The number of rotatable bonds is 9. The van der Waals surface area contributed by atoms with Gasteiger partial charge in [-0.2, -0.15) is 13.2 Å². The van der Waals surface area contributed by atoms with Crippen molar-refractivity contribution in [3.63, 3.8) is 0 Å². The highest BCUT2D eigenvalue weighted by Gasteiger charge is 2.44. The van der Waals surface area contributed by atoms with E-state index in [0.29, 0.717) is 6.42 Å². The van der Waals surface area contributed by atoms with Crippen LogP contribution < -0.4 is 20.7 Å². The van der Waals surface area contributed by atoms with Gasteiger partial charge in [-0.25, -0.2) is 0 Å². The lowest BCUT2D eigenvalue weighted by Gasteiger charge is -2.27. The third kappa shape index (κ3) is 6.13. The van der Waals surface area contributed by atoms with Crippen LogP contribution in [0.5, 0.6) is 5.75 Å². The summed E-state index contributed by atoms with van der Waals surface area (Å²) in [5.74, 6) is -5.03. The number of piperidine rings is 1. The quantitative estimate of drug-likeness (QED) is 0.321. The first kappa shape index (κ1) is 25.6. The van der Waals surface area contributed by atoms with Crippen LogP contribution in [0, 0.1) is 0 Å². The predicted molar refractivity (Wildman–Crippen MR) is 110 cm³/mol. The first-order valence-electron chi connectivity index (χ1n) is 10.6. The van der Waals surface area contributed by atoms with Crippen LogP contribution in [0.2, 0.25) is 0 Å². The van der Waals surface area contributed by atoms with E-state index in [0.717, 1.165) is 4.90 Å². The molecule has 6 amide bonds. The molecule has 0 saturated carbocycles. The van der Waals surface area contributed by atoms with Crippen molar-refractivity contribution in [1.82, 2.24) is 20.9 Å². The largest absolute Gasteiger partial charge is 0.484 e. The average Bonchev–Trinajstić information content (AvgIpc) is 3.03. The molecule has 0 aliphatic carbocycles. The Labute approximate surface area is 196 Å². The van der Waals surface area contributed by atoms with E-state index in [1.54, 1.807) is 5.32 Å². The average molecular weight is 498 g/mol. The normalized spacial score (nSPS) is 17.7. The van der Waals surface area contributed by atoms with Crippen molar-refractivity contribution in [2.75, 3.05) is 19.7 Å². The van der Waals surface area contributed by atoms with Crippen LogP contribution in [-0.4, -0.2) is 72.3 Å². The second-order valence-corrected chi connectivity index (χ2v) is 7.75. The lowest BCUT2D eigenvalue weighted by molar-refractivity contribution is -0.173. The summed E-state index contributed by atoms with van der Waals surface area (Å²) < 4.78 is 41.5. The maximum atomic E-state index is 12.8. The minimum atomic E-state index is -4.94. The molecule has 1 aromatic carbocycles. The van der Waals surface area contributed by atoms with E-state index in [1.165, 1.54) is 18.2 Å². The van der Waals surface area contributed by atoms with E-state index in [2.05, 4.69) is 10.6 Å². The summed E-state index contributed by atoms with van der Waals surface area (Å²) in [7, 11) is 0. The number of unbranched alkanes of at least 4 members (excludes halogenated alkanes) is 1. The molecule has 3 N–H and O–H groups in total. The lowest BCUT2D eigenvalue weighted by Crippen LogP contribution is -2.54. The Bertz CT molecular complexity index is 1070. The summed E-state index contributed by atoms with van der Waals surface area (Å²) in [5, 5.41) is 6.32. The van der Waals surface area contributed by atoms with Crippen molar-refractivity contribution in [2.24, 2.45) is 0 Å². The zero-order valence-electron chi connectivity index (χ0n) is 18.2. The molecule has 2 heterocycles. The number of carbonyl (C=O) groups is 6. The fraction of sp³-hybridized carbons (Fsp3) is 0.429. The number of hydrogen-bond donors (Lipinski definition) is 3. The van der Waals surface area contributed by atoms with Crippen molar-refractivity contribution in [2.45, 2.75) is 37.9 Å². The number of benzene rings is 1. The molecule has 188 valence electrons. The van der Waals surface area contributed by atoms with Gasteiger partial charge in [0.2, 0.25) is 11.8 Å². The van der Waals surface area contributed by atoms with Crippen LogP contribution in [0.25, 0.3) is 0 Å². The van der Waals surface area contributed by atoms with E-state index in [9.17, 15) is 41.9 Å². The number of ether oxygens (including phenoxy) is 1. The molecule has 0 radical (unpaired) electrons. The minimum Gasteiger partial charge on any atom is -0.484 e. The first-order chi connectivity index (χ1) is 16.5. The van der Waals surface area contributed by atoms with Crippen LogP contribution in [0.4, 0.5) is 13.2 Å². The number of alkyl halides is 3. The maximum absolute atomic E-state index is 12.8. The molecule has 3 rings (SSSR count). The maximum Gasteiger partial charge on any atom is 0.471 e.